The Morgan fingerprint density at radius 2 is 1.97 bits per heavy atom. The number of likely N-dealkylation sites (tertiary alicyclic amines) is 1. The molecular formula is C19H25F4N7. The van der Waals surface area contributed by atoms with E-state index in [9.17, 15) is 17.6 Å². The summed E-state index contributed by atoms with van der Waals surface area (Å²) in [6.07, 6.45) is -0.414. The first kappa shape index (κ1) is 20.8. The van der Waals surface area contributed by atoms with Crippen LogP contribution in [0.3, 0.4) is 0 Å². The fourth-order valence-electron chi connectivity index (χ4n) is 4.12. The third-order valence-electron chi connectivity index (χ3n) is 5.84. The second kappa shape index (κ2) is 8.01. The van der Waals surface area contributed by atoms with Crippen LogP contribution in [0.4, 0.5) is 35.0 Å². The minimum Gasteiger partial charge on any atom is -0.370 e. The van der Waals surface area contributed by atoms with Gasteiger partial charge in [0.2, 0.25) is 5.95 Å². The number of anilines is 3. The van der Waals surface area contributed by atoms with Gasteiger partial charge in [-0.3, -0.25) is 9.58 Å². The number of rotatable bonds is 6. The maximum Gasteiger partial charge on any atom is 0.421 e. The van der Waals surface area contributed by atoms with Crippen LogP contribution in [0.1, 0.15) is 43.5 Å². The van der Waals surface area contributed by atoms with Crippen molar-refractivity contribution in [3.05, 3.63) is 23.7 Å². The highest BCUT2D eigenvalue weighted by Gasteiger charge is 2.39. The second-order valence-electron chi connectivity index (χ2n) is 7.86. The molecule has 0 aromatic carbocycles. The zero-order valence-electron chi connectivity index (χ0n) is 16.9. The van der Waals surface area contributed by atoms with E-state index in [1.165, 1.54) is 0 Å². The zero-order valence-corrected chi connectivity index (χ0v) is 16.9. The van der Waals surface area contributed by atoms with Crippen molar-refractivity contribution in [1.29, 1.82) is 0 Å². The van der Waals surface area contributed by atoms with E-state index >= 15 is 0 Å². The predicted octanol–water partition coefficient (Wildman–Crippen LogP) is 3.92. The normalized spacial score (nSPS) is 24.7. The van der Waals surface area contributed by atoms with E-state index in [4.69, 9.17) is 0 Å². The van der Waals surface area contributed by atoms with Crippen molar-refractivity contribution >= 4 is 17.5 Å². The minimum absolute atomic E-state index is 0.0686. The second-order valence-corrected chi connectivity index (χ2v) is 7.86. The van der Waals surface area contributed by atoms with Crippen LogP contribution in [0.5, 0.6) is 0 Å². The van der Waals surface area contributed by atoms with Crippen molar-refractivity contribution < 1.29 is 17.6 Å². The first-order valence-electron chi connectivity index (χ1n) is 10.1. The number of aromatic nitrogens is 4. The molecule has 0 unspecified atom stereocenters. The number of hydrogen-bond donors (Lipinski definition) is 2. The molecule has 2 aromatic heterocycles. The third kappa shape index (κ3) is 4.07. The molecule has 11 heteroatoms. The highest BCUT2D eigenvalue weighted by atomic mass is 19.4. The van der Waals surface area contributed by atoms with Gasteiger partial charge >= 0.3 is 6.18 Å². The Morgan fingerprint density at radius 3 is 2.60 bits per heavy atom. The van der Waals surface area contributed by atoms with Crippen molar-refractivity contribution in [3.8, 4) is 0 Å². The summed E-state index contributed by atoms with van der Waals surface area (Å²) in [5, 5.41) is 10.0. The topological polar surface area (TPSA) is 70.9 Å². The molecule has 0 amide bonds. The molecule has 0 spiro atoms. The molecule has 1 saturated carbocycles. The summed E-state index contributed by atoms with van der Waals surface area (Å²) in [4.78, 5) is 10.0. The Balaban J connectivity index is 1.44. The summed E-state index contributed by atoms with van der Waals surface area (Å²) in [6.45, 7) is 5.22. The molecule has 3 heterocycles. The van der Waals surface area contributed by atoms with E-state index < -0.39 is 17.9 Å². The van der Waals surface area contributed by atoms with Crippen molar-refractivity contribution in [3.63, 3.8) is 0 Å². The largest absolute Gasteiger partial charge is 0.421 e. The van der Waals surface area contributed by atoms with Crippen molar-refractivity contribution in [2.45, 2.75) is 57.5 Å². The lowest BCUT2D eigenvalue weighted by molar-refractivity contribution is -0.137. The maximum absolute atomic E-state index is 13.4. The van der Waals surface area contributed by atoms with Crippen LogP contribution in [0.2, 0.25) is 0 Å². The van der Waals surface area contributed by atoms with Gasteiger partial charge in [0.25, 0.3) is 0 Å². The first-order chi connectivity index (χ1) is 14.3. The lowest BCUT2D eigenvalue weighted by Crippen LogP contribution is -2.44. The number of nitrogens with one attached hydrogen (secondary N) is 2. The van der Waals surface area contributed by atoms with Gasteiger partial charge in [0, 0.05) is 31.9 Å². The van der Waals surface area contributed by atoms with Crippen LogP contribution in [0.25, 0.3) is 0 Å². The summed E-state index contributed by atoms with van der Waals surface area (Å²) < 4.78 is 54.7. The molecule has 1 aliphatic carbocycles. The Kier molecular flexibility index (Phi) is 5.56. The van der Waals surface area contributed by atoms with E-state index in [2.05, 4.69) is 30.6 Å². The van der Waals surface area contributed by atoms with E-state index in [1.54, 1.807) is 13.1 Å². The average molecular weight is 427 g/mol. The standard InChI is InChI=1S/C19H25F4N7/c1-3-24-17-15(19(21,22)23)8-25-18(28-17)27-16-9-26-30(11(16)2)14-6-13(7-14)29-5-4-12(20)10-29/h8-9,12-14H,3-7,10H2,1-2H3,(H2,24,25,27,28)/t12-,13-,14-/m1/s1. The molecule has 0 bridgehead atoms. The van der Waals surface area contributed by atoms with Crippen molar-refractivity contribution in [1.82, 2.24) is 24.6 Å². The summed E-state index contributed by atoms with van der Waals surface area (Å²) in [5.41, 5.74) is 0.600. The molecule has 30 heavy (non-hydrogen) atoms. The number of halogens is 4. The van der Waals surface area contributed by atoms with Gasteiger partial charge < -0.3 is 10.6 Å². The van der Waals surface area contributed by atoms with E-state index in [1.807, 2.05) is 11.6 Å². The lowest BCUT2D eigenvalue weighted by Gasteiger charge is -2.41. The molecule has 2 aliphatic rings. The smallest absolute Gasteiger partial charge is 0.370 e. The fraction of sp³-hybridized carbons (Fsp3) is 0.632. The Morgan fingerprint density at radius 1 is 1.20 bits per heavy atom. The molecule has 2 N–H and O–H groups in total. The van der Waals surface area contributed by atoms with Crippen LogP contribution in [0, 0.1) is 6.92 Å². The van der Waals surface area contributed by atoms with Gasteiger partial charge in [-0.25, -0.2) is 9.37 Å². The maximum atomic E-state index is 13.4. The molecule has 1 aliphatic heterocycles. The van der Waals surface area contributed by atoms with Gasteiger partial charge in [-0.2, -0.15) is 23.3 Å². The summed E-state index contributed by atoms with van der Waals surface area (Å²) >= 11 is 0. The van der Waals surface area contributed by atoms with Gasteiger partial charge in [0.05, 0.1) is 23.6 Å². The molecule has 7 nitrogen and oxygen atoms in total. The molecular weight excluding hydrogens is 402 g/mol. The average Bonchev–Trinajstić information content (AvgIpc) is 3.21. The van der Waals surface area contributed by atoms with Crippen LogP contribution >= 0.6 is 0 Å². The van der Waals surface area contributed by atoms with E-state index in [-0.39, 0.29) is 17.8 Å². The summed E-state index contributed by atoms with van der Waals surface area (Å²) in [6, 6.07) is 0.617. The van der Waals surface area contributed by atoms with Crippen LogP contribution in [0.15, 0.2) is 12.4 Å². The highest BCUT2D eigenvalue weighted by molar-refractivity contribution is 5.58. The van der Waals surface area contributed by atoms with Crippen molar-refractivity contribution in [2.24, 2.45) is 0 Å². The molecule has 164 valence electrons. The zero-order chi connectivity index (χ0) is 21.5. The monoisotopic (exact) mass is 427 g/mol. The van der Waals surface area contributed by atoms with Gasteiger partial charge in [-0.15, -0.1) is 0 Å². The van der Waals surface area contributed by atoms with Gasteiger partial charge in [-0.1, -0.05) is 0 Å². The van der Waals surface area contributed by atoms with E-state index in [0.29, 0.717) is 31.2 Å². The van der Waals surface area contributed by atoms with Crippen LogP contribution in [-0.4, -0.2) is 56.5 Å². The summed E-state index contributed by atoms with van der Waals surface area (Å²) in [7, 11) is 0. The SMILES string of the molecule is CCNc1nc(Nc2cnn([C@H]3C[C@H](N4CC[C@@H](F)C4)C3)c2C)ncc1C(F)(F)F. The lowest BCUT2D eigenvalue weighted by atomic mass is 9.85. The molecule has 1 saturated heterocycles. The van der Waals surface area contributed by atoms with Gasteiger partial charge in [-0.05, 0) is 33.1 Å². The fourth-order valence-corrected chi connectivity index (χ4v) is 4.12. The molecule has 4 rings (SSSR count). The predicted molar refractivity (Wildman–Crippen MR) is 105 cm³/mol. The van der Waals surface area contributed by atoms with Crippen LogP contribution < -0.4 is 10.6 Å². The van der Waals surface area contributed by atoms with Crippen LogP contribution in [-0.2, 0) is 6.18 Å². The van der Waals surface area contributed by atoms with E-state index in [0.717, 1.165) is 31.3 Å². The molecule has 1 atom stereocenters. The molecule has 2 fully saturated rings. The Labute approximate surface area is 171 Å². The van der Waals surface area contributed by atoms with Crippen molar-refractivity contribution in [2.75, 3.05) is 30.3 Å². The molecule has 0 radical (unpaired) electrons. The molecule has 2 aromatic rings. The number of nitrogens with zero attached hydrogens (tertiary/aromatic N) is 5. The number of alkyl halides is 4. The quantitative estimate of drug-likeness (QED) is 0.681. The minimum atomic E-state index is -4.53. The number of hydrogen-bond acceptors (Lipinski definition) is 6. The first-order valence-corrected chi connectivity index (χ1v) is 10.1. The Bertz CT molecular complexity index is 891. The highest BCUT2D eigenvalue weighted by Crippen LogP contribution is 2.39. The Hall–Kier alpha value is -2.43. The van der Waals surface area contributed by atoms with Gasteiger partial charge in [0.1, 0.15) is 17.6 Å². The van der Waals surface area contributed by atoms with Gasteiger partial charge in [0.15, 0.2) is 0 Å². The third-order valence-corrected chi connectivity index (χ3v) is 5.84. The summed E-state index contributed by atoms with van der Waals surface area (Å²) in [5.74, 6) is -0.190.